The predicted octanol–water partition coefficient (Wildman–Crippen LogP) is 3.54. The normalized spacial score (nSPS) is 16.0. The van der Waals surface area contributed by atoms with E-state index in [1.165, 1.54) is 18.2 Å². The molecule has 1 aliphatic rings. The van der Waals surface area contributed by atoms with E-state index in [1.54, 1.807) is 6.20 Å². The highest BCUT2D eigenvalue weighted by molar-refractivity contribution is 6.00. The molecule has 2 aromatic carbocycles. The summed E-state index contributed by atoms with van der Waals surface area (Å²) in [6, 6.07) is 13.4. The molecule has 0 radical (unpaired) electrons. The van der Waals surface area contributed by atoms with Crippen LogP contribution in [0.2, 0.25) is 0 Å². The maximum Gasteiger partial charge on any atom is 0.314 e. The summed E-state index contributed by atoms with van der Waals surface area (Å²) >= 11 is 0. The number of hydrogen-bond acceptors (Lipinski definition) is 4. The van der Waals surface area contributed by atoms with Crippen LogP contribution in [0.15, 0.2) is 54.7 Å². The van der Waals surface area contributed by atoms with E-state index < -0.39 is 17.7 Å². The third-order valence-corrected chi connectivity index (χ3v) is 4.43. The van der Waals surface area contributed by atoms with Gasteiger partial charge in [0.15, 0.2) is 0 Å². The van der Waals surface area contributed by atoms with Gasteiger partial charge in [0.25, 0.3) is 0 Å². The zero-order chi connectivity index (χ0) is 18.1. The molecule has 0 saturated heterocycles. The maximum atomic E-state index is 13.4. The first-order valence-corrected chi connectivity index (χ1v) is 8.20. The van der Waals surface area contributed by atoms with Crippen molar-refractivity contribution in [3.8, 4) is 0 Å². The van der Waals surface area contributed by atoms with E-state index in [1.807, 2.05) is 30.3 Å². The monoisotopic (exact) mass is 350 g/mol. The summed E-state index contributed by atoms with van der Waals surface area (Å²) in [5.74, 6) is -2.07. The fourth-order valence-electron chi connectivity index (χ4n) is 3.18. The van der Waals surface area contributed by atoms with Gasteiger partial charge >= 0.3 is 5.97 Å². The van der Waals surface area contributed by atoms with E-state index in [0.717, 1.165) is 16.5 Å². The molecule has 1 amide bonds. The van der Waals surface area contributed by atoms with E-state index >= 15 is 0 Å². The Morgan fingerprint density at radius 1 is 1.23 bits per heavy atom. The van der Waals surface area contributed by atoms with Gasteiger partial charge in [-0.15, -0.1) is 0 Å². The summed E-state index contributed by atoms with van der Waals surface area (Å²) in [6.07, 6.45) is 1.66. The van der Waals surface area contributed by atoms with Crippen molar-refractivity contribution in [3.63, 3.8) is 0 Å². The number of aromatic nitrogens is 1. The van der Waals surface area contributed by atoms with Crippen LogP contribution in [0.25, 0.3) is 10.9 Å². The molecule has 6 heteroatoms. The summed E-state index contributed by atoms with van der Waals surface area (Å²) in [7, 11) is 0. The molecule has 0 saturated carbocycles. The molecule has 1 aliphatic heterocycles. The highest BCUT2D eigenvalue weighted by Crippen LogP contribution is 2.33. The molecule has 1 aromatic heterocycles. The number of anilines is 1. The summed E-state index contributed by atoms with van der Waals surface area (Å²) < 4.78 is 18.9. The Morgan fingerprint density at radius 2 is 2.08 bits per heavy atom. The molecule has 2 heterocycles. The van der Waals surface area contributed by atoms with Crippen LogP contribution in [-0.4, -0.2) is 16.9 Å². The average molecular weight is 350 g/mol. The van der Waals surface area contributed by atoms with E-state index in [9.17, 15) is 14.0 Å². The van der Waals surface area contributed by atoms with E-state index in [2.05, 4.69) is 10.3 Å². The third kappa shape index (κ3) is 3.01. The fourth-order valence-corrected chi connectivity index (χ4v) is 3.18. The second kappa shape index (κ2) is 6.55. The van der Waals surface area contributed by atoms with Crippen LogP contribution in [0.4, 0.5) is 10.1 Å². The number of nitrogens with one attached hydrogen (secondary N) is 1. The lowest BCUT2D eigenvalue weighted by atomic mass is 9.90. The van der Waals surface area contributed by atoms with Crippen LogP contribution in [0.1, 0.15) is 23.5 Å². The molecule has 0 aliphatic carbocycles. The van der Waals surface area contributed by atoms with E-state index in [-0.39, 0.29) is 18.9 Å². The lowest BCUT2D eigenvalue weighted by Crippen LogP contribution is -2.28. The number of nitrogens with zero attached hydrogens (tertiary/aromatic N) is 1. The Hall–Kier alpha value is -3.28. The Balaban J connectivity index is 1.56. The topological polar surface area (TPSA) is 68.3 Å². The van der Waals surface area contributed by atoms with Crippen molar-refractivity contribution in [1.29, 1.82) is 0 Å². The van der Waals surface area contributed by atoms with Gasteiger partial charge in [0.1, 0.15) is 12.4 Å². The van der Waals surface area contributed by atoms with Gasteiger partial charge in [-0.25, -0.2) is 4.39 Å². The first-order valence-electron chi connectivity index (χ1n) is 8.20. The van der Waals surface area contributed by atoms with Crippen molar-refractivity contribution in [3.05, 3.63) is 71.7 Å². The lowest BCUT2D eigenvalue weighted by molar-refractivity contribution is -0.148. The maximum absolute atomic E-state index is 13.4. The number of fused-ring (bicyclic) bond motifs is 2. The van der Waals surface area contributed by atoms with E-state index in [0.29, 0.717) is 11.3 Å². The highest BCUT2D eigenvalue weighted by Gasteiger charge is 2.32. The third-order valence-electron chi connectivity index (χ3n) is 4.43. The summed E-state index contributed by atoms with van der Waals surface area (Å²) in [5, 5.41) is 3.54. The van der Waals surface area contributed by atoms with Gasteiger partial charge < -0.3 is 10.1 Å². The van der Waals surface area contributed by atoms with Crippen LogP contribution >= 0.6 is 0 Å². The zero-order valence-electron chi connectivity index (χ0n) is 13.7. The van der Waals surface area contributed by atoms with Crippen LogP contribution in [0.5, 0.6) is 0 Å². The molecule has 3 aromatic rings. The minimum Gasteiger partial charge on any atom is -0.460 e. The SMILES string of the molecule is O=C1CC(C(=O)OCc2cccc3cccnc23)c2ccc(F)cc2N1. The van der Waals surface area contributed by atoms with Crippen molar-refractivity contribution in [2.45, 2.75) is 18.9 Å². The number of para-hydroxylation sites is 1. The van der Waals surface area contributed by atoms with Gasteiger partial charge in [-0.1, -0.05) is 30.3 Å². The number of amides is 1. The molecule has 0 spiro atoms. The van der Waals surface area contributed by atoms with Crippen LogP contribution in [-0.2, 0) is 20.9 Å². The second-order valence-corrected chi connectivity index (χ2v) is 6.14. The minimum atomic E-state index is -0.748. The first kappa shape index (κ1) is 16.2. The number of pyridine rings is 1. The molecule has 1 atom stereocenters. The molecule has 26 heavy (non-hydrogen) atoms. The smallest absolute Gasteiger partial charge is 0.314 e. The largest absolute Gasteiger partial charge is 0.460 e. The number of benzene rings is 2. The van der Waals surface area contributed by atoms with Crippen molar-refractivity contribution in [2.24, 2.45) is 0 Å². The van der Waals surface area contributed by atoms with Gasteiger partial charge in [0.05, 0.1) is 11.4 Å². The van der Waals surface area contributed by atoms with Crippen LogP contribution < -0.4 is 5.32 Å². The standard InChI is InChI=1S/C20H15FN2O3/c21-14-6-7-15-16(10-18(24)23-17(15)9-14)20(25)26-11-13-4-1-3-12-5-2-8-22-19(12)13/h1-9,16H,10-11H2,(H,23,24). The molecule has 1 unspecified atom stereocenters. The van der Waals surface area contributed by atoms with Crippen LogP contribution in [0, 0.1) is 5.82 Å². The minimum absolute atomic E-state index is 0.0226. The Morgan fingerprint density at radius 3 is 2.96 bits per heavy atom. The summed E-state index contributed by atoms with van der Waals surface area (Å²) in [4.78, 5) is 28.8. The van der Waals surface area contributed by atoms with Crippen molar-refractivity contribution in [2.75, 3.05) is 5.32 Å². The van der Waals surface area contributed by atoms with Gasteiger partial charge in [-0.3, -0.25) is 14.6 Å². The molecule has 1 N–H and O–H groups in total. The number of halogens is 1. The quantitative estimate of drug-likeness (QED) is 0.734. The first-order chi connectivity index (χ1) is 12.6. The summed E-state index contributed by atoms with van der Waals surface area (Å²) in [6.45, 7) is 0.0574. The van der Waals surface area contributed by atoms with Crippen molar-refractivity contribution >= 4 is 28.5 Å². The molecular formula is C20H15FN2O3. The van der Waals surface area contributed by atoms with Gasteiger partial charge in [-0.05, 0) is 23.8 Å². The number of hydrogen-bond donors (Lipinski definition) is 1. The van der Waals surface area contributed by atoms with E-state index in [4.69, 9.17) is 4.74 Å². The molecule has 130 valence electrons. The molecule has 0 bridgehead atoms. The van der Waals surface area contributed by atoms with Crippen molar-refractivity contribution in [1.82, 2.24) is 4.98 Å². The number of esters is 1. The highest BCUT2D eigenvalue weighted by atomic mass is 19.1. The molecule has 5 nitrogen and oxygen atoms in total. The zero-order valence-corrected chi connectivity index (χ0v) is 13.7. The summed E-state index contributed by atoms with van der Waals surface area (Å²) in [5.41, 5.74) is 2.43. The Labute approximate surface area is 148 Å². The Kier molecular flexibility index (Phi) is 4.08. The van der Waals surface area contributed by atoms with Crippen LogP contribution in [0.3, 0.4) is 0 Å². The number of rotatable bonds is 3. The molecule has 0 fully saturated rings. The second-order valence-electron chi connectivity index (χ2n) is 6.14. The number of carbonyl (C=O) groups is 2. The predicted molar refractivity (Wildman–Crippen MR) is 93.9 cm³/mol. The number of carbonyl (C=O) groups excluding carboxylic acids is 2. The van der Waals surface area contributed by atoms with Crippen molar-refractivity contribution < 1.29 is 18.7 Å². The molecule has 4 rings (SSSR count). The lowest BCUT2D eigenvalue weighted by Gasteiger charge is -2.24. The average Bonchev–Trinajstić information content (AvgIpc) is 2.65. The van der Waals surface area contributed by atoms with Gasteiger partial charge in [0, 0.05) is 29.3 Å². The number of ether oxygens (including phenoxy) is 1. The fraction of sp³-hybridized carbons (Fsp3) is 0.150. The van der Waals surface area contributed by atoms with Gasteiger partial charge in [-0.2, -0.15) is 0 Å². The Bertz CT molecular complexity index is 1010. The molecular weight excluding hydrogens is 335 g/mol. The van der Waals surface area contributed by atoms with Gasteiger partial charge in [0.2, 0.25) is 5.91 Å².